The molecule has 0 radical (unpaired) electrons. The van der Waals surface area contributed by atoms with Gasteiger partial charge in [-0.2, -0.15) is 0 Å². The van der Waals surface area contributed by atoms with Crippen LogP contribution in [0.25, 0.3) is 10.9 Å². The molecule has 0 aliphatic carbocycles. The van der Waals surface area contributed by atoms with Crippen LogP contribution in [0.3, 0.4) is 0 Å². The first-order chi connectivity index (χ1) is 13.5. The Morgan fingerprint density at radius 3 is 2.54 bits per heavy atom. The molecule has 28 heavy (non-hydrogen) atoms. The van der Waals surface area contributed by atoms with Crippen LogP contribution in [-0.4, -0.2) is 22.2 Å². The summed E-state index contributed by atoms with van der Waals surface area (Å²) in [6, 6.07) is 15.1. The molecule has 3 rings (SSSR count). The largest absolute Gasteiger partial charge is 0.493 e. The number of carbonyl (C=O) groups excluding carboxylic acids is 1. The molecule has 0 atom stereocenters. The minimum absolute atomic E-state index is 0.0162. The van der Waals surface area contributed by atoms with E-state index in [2.05, 4.69) is 31.0 Å². The standard InChI is InChI=1S/C22H25N3O3/c1-4-16-9-11-17(12-10-16)28-14-20(26)23-24-21-18-7-5-6-8-19(18)25(22(21)27)13-15(2)3/h5-12,15,27H,4,13-14H2,1-3H3. The number of para-hydroxylation sites is 1. The number of ether oxygens (including phenoxy) is 1. The van der Waals surface area contributed by atoms with Crippen molar-refractivity contribution in [2.24, 2.45) is 16.1 Å². The van der Waals surface area contributed by atoms with Gasteiger partial charge in [-0.15, -0.1) is 10.2 Å². The van der Waals surface area contributed by atoms with E-state index in [0.29, 0.717) is 23.9 Å². The molecule has 1 aromatic heterocycles. The highest BCUT2D eigenvalue weighted by molar-refractivity contribution is 5.95. The van der Waals surface area contributed by atoms with Crippen LogP contribution in [-0.2, 0) is 17.8 Å². The molecule has 146 valence electrons. The molecule has 0 saturated carbocycles. The maximum absolute atomic E-state index is 12.1. The maximum atomic E-state index is 12.1. The van der Waals surface area contributed by atoms with Crippen molar-refractivity contribution in [3.63, 3.8) is 0 Å². The molecule has 6 heteroatoms. The van der Waals surface area contributed by atoms with Crippen molar-refractivity contribution in [2.45, 2.75) is 33.7 Å². The van der Waals surface area contributed by atoms with Gasteiger partial charge in [-0.05, 0) is 36.1 Å². The van der Waals surface area contributed by atoms with E-state index in [1.54, 1.807) is 4.57 Å². The van der Waals surface area contributed by atoms with Gasteiger partial charge in [0, 0.05) is 11.9 Å². The summed E-state index contributed by atoms with van der Waals surface area (Å²) in [4.78, 5) is 12.1. The third kappa shape index (κ3) is 4.39. The van der Waals surface area contributed by atoms with Crippen LogP contribution in [0.1, 0.15) is 26.3 Å². The number of rotatable bonds is 7. The Morgan fingerprint density at radius 1 is 1.14 bits per heavy atom. The maximum Gasteiger partial charge on any atom is 0.302 e. The smallest absolute Gasteiger partial charge is 0.302 e. The molecule has 0 unspecified atom stereocenters. The van der Waals surface area contributed by atoms with Crippen LogP contribution in [0.5, 0.6) is 11.6 Å². The zero-order valence-electron chi connectivity index (χ0n) is 16.4. The molecular formula is C22H25N3O3. The summed E-state index contributed by atoms with van der Waals surface area (Å²) in [7, 11) is 0. The third-order valence-electron chi connectivity index (χ3n) is 4.42. The summed E-state index contributed by atoms with van der Waals surface area (Å²) in [5, 5.41) is 19.1. The second-order valence-electron chi connectivity index (χ2n) is 7.07. The van der Waals surface area contributed by atoms with E-state index < -0.39 is 5.91 Å². The lowest BCUT2D eigenvalue weighted by molar-refractivity contribution is -0.120. The Balaban J connectivity index is 1.75. The molecule has 0 fully saturated rings. The van der Waals surface area contributed by atoms with Crippen LogP contribution >= 0.6 is 0 Å². The first-order valence-electron chi connectivity index (χ1n) is 9.46. The van der Waals surface area contributed by atoms with Crippen LogP contribution in [0.2, 0.25) is 0 Å². The first kappa shape index (κ1) is 19.6. The van der Waals surface area contributed by atoms with Gasteiger partial charge in [0.1, 0.15) is 5.75 Å². The summed E-state index contributed by atoms with van der Waals surface area (Å²) in [5.41, 5.74) is 2.37. The molecule has 3 aromatic rings. The van der Waals surface area contributed by atoms with E-state index in [0.717, 1.165) is 17.3 Å². The lowest BCUT2D eigenvalue weighted by Crippen LogP contribution is -2.07. The summed E-state index contributed by atoms with van der Waals surface area (Å²) in [6.07, 6.45) is 0.946. The van der Waals surface area contributed by atoms with E-state index in [-0.39, 0.29) is 12.5 Å². The molecule has 0 saturated heterocycles. The molecular weight excluding hydrogens is 354 g/mol. The minimum Gasteiger partial charge on any atom is -0.493 e. The number of nitrogens with zero attached hydrogens (tertiary/aromatic N) is 3. The highest BCUT2D eigenvalue weighted by Crippen LogP contribution is 2.39. The Bertz CT molecular complexity index is 988. The number of fused-ring (bicyclic) bond motifs is 1. The third-order valence-corrected chi connectivity index (χ3v) is 4.42. The van der Waals surface area contributed by atoms with Gasteiger partial charge < -0.3 is 14.4 Å². The predicted molar refractivity (Wildman–Crippen MR) is 109 cm³/mol. The average Bonchev–Trinajstić information content (AvgIpc) is 2.96. The van der Waals surface area contributed by atoms with E-state index in [4.69, 9.17) is 4.74 Å². The zero-order valence-corrected chi connectivity index (χ0v) is 16.4. The molecule has 1 amide bonds. The fourth-order valence-electron chi connectivity index (χ4n) is 3.02. The minimum atomic E-state index is -0.514. The number of hydrogen-bond acceptors (Lipinski definition) is 4. The monoisotopic (exact) mass is 379 g/mol. The Morgan fingerprint density at radius 2 is 1.86 bits per heavy atom. The van der Waals surface area contributed by atoms with Crippen molar-refractivity contribution >= 4 is 22.5 Å². The number of aryl methyl sites for hydroxylation is 1. The summed E-state index contributed by atoms with van der Waals surface area (Å²) < 4.78 is 7.26. The highest BCUT2D eigenvalue weighted by Gasteiger charge is 2.17. The molecule has 1 heterocycles. The number of aromatic hydroxyl groups is 1. The summed E-state index contributed by atoms with van der Waals surface area (Å²) in [6.45, 7) is 6.66. The van der Waals surface area contributed by atoms with Gasteiger partial charge in [0.05, 0.1) is 5.52 Å². The molecule has 2 aromatic carbocycles. The highest BCUT2D eigenvalue weighted by atomic mass is 16.5. The normalized spacial score (nSPS) is 11.6. The van der Waals surface area contributed by atoms with Crippen molar-refractivity contribution in [3.05, 3.63) is 54.1 Å². The lowest BCUT2D eigenvalue weighted by Gasteiger charge is -2.09. The SMILES string of the molecule is CCc1ccc(OCC(=O)N=Nc2c(O)n(CC(C)C)c3ccccc23)cc1. The van der Waals surface area contributed by atoms with Gasteiger partial charge >= 0.3 is 5.91 Å². The molecule has 0 aliphatic rings. The number of amides is 1. The number of aromatic nitrogens is 1. The van der Waals surface area contributed by atoms with E-state index >= 15 is 0 Å². The predicted octanol–water partition coefficient (Wildman–Crippen LogP) is 5.25. The lowest BCUT2D eigenvalue weighted by atomic mass is 10.2. The van der Waals surface area contributed by atoms with E-state index in [9.17, 15) is 9.90 Å². The molecule has 6 nitrogen and oxygen atoms in total. The van der Waals surface area contributed by atoms with Gasteiger partial charge in [0.15, 0.2) is 12.3 Å². The van der Waals surface area contributed by atoms with Crippen molar-refractivity contribution in [2.75, 3.05) is 6.61 Å². The Kier molecular flexibility index (Phi) is 6.09. The van der Waals surface area contributed by atoms with Crippen LogP contribution in [0.15, 0.2) is 58.8 Å². The fourth-order valence-corrected chi connectivity index (χ4v) is 3.02. The quantitative estimate of drug-likeness (QED) is 0.569. The van der Waals surface area contributed by atoms with Crippen molar-refractivity contribution < 1.29 is 14.6 Å². The second-order valence-corrected chi connectivity index (χ2v) is 7.07. The van der Waals surface area contributed by atoms with Gasteiger partial charge in [-0.25, -0.2) is 0 Å². The zero-order chi connectivity index (χ0) is 20.1. The van der Waals surface area contributed by atoms with Gasteiger partial charge in [-0.3, -0.25) is 4.79 Å². The average molecular weight is 379 g/mol. The van der Waals surface area contributed by atoms with Crippen LogP contribution in [0, 0.1) is 5.92 Å². The second kappa shape index (κ2) is 8.69. The van der Waals surface area contributed by atoms with Gasteiger partial charge in [-0.1, -0.05) is 51.1 Å². The van der Waals surface area contributed by atoms with Crippen molar-refractivity contribution in [1.29, 1.82) is 0 Å². The number of hydrogen-bond donors (Lipinski definition) is 1. The molecule has 1 N–H and O–H groups in total. The first-order valence-corrected chi connectivity index (χ1v) is 9.46. The Labute approximate surface area is 164 Å². The Hall–Kier alpha value is -3.15. The molecule has 0 aliphatic heterocycles. The van der Waals surface area contributed by atoms with Crippen molar-refractivity contribution in [1.82, 2.24) is 4.57 Å². The fraction of sp³-hybridized carbons (Fsp3) is 0.318. The van der Waals surface area contributed by atoms with Gasteiger partial charge in [0.2, 0.25) is 5.88 Å². The van der Waals surface area contributed by atoms with E-state index in [1.165, 1.54) is 5.56 Å². The molecule has 0 spiro atoms. The number of carbonyl (C=O) groups is 1. The topological polar surface area (TPSA) is 76.2 Å². The van der Waals surface area contributed by atoms with Gasteiger partial charge in [0.25, 0.3) is 0 Å². The van der Waals surface area contributed by atoms with Crippen molar-refractivity contribution in [3.8, 4) is 11.6 Å². The number of benzene rings is 2. The van der Waals surface area contributed by atoms with E-state index in [1.807, 2.05) is 48.5 Å². The summed E-state index contributed by atoms with van der Waals surface area (Å²) in [5.74, 6) is 0.458. The number of azo groups is 1. The summed E-state index contributed by atoms with van der Waals surface area (Å²) >= 11 is 0. The van der Waals surface area contributed by atoms with Crippen LogP contribution < -0.4 is 4.74 Å². The van der Waals surface area contributed by atoms with Crippen LogP contribution in [0.4, 0.5) is 5.69 Å². The molecule has 0 bridgehead atoms.